The number of fused-ring (bicyclic) bond motifs is 4. The van der Waals surface area contributed by atoms with Gasteiger partial charge in [0.15, 0.2) is 17.3 Å². The van der Waals surface area contributed by atoms with E-state index in [1.165, 1.54) is 0 Å². The third-order valence-electron chi connectivity index (χ3n) is 5.83. The summed E-state index contributed by atoms with van der Waals surface area (Å²) in [5.74, 6) is 0.394. The molecule has 0 spiro atoms. The number of ether oxygens (including phenoxy) is 2. The van der Waals surface area contributed by atoms with E-state index in [0.29, 0.717) is 11.7 Å². The highest BCUT2D eigenvalue weighted by atomic mass is 16.8. The zero-order valence-electron chi connectivity index (χ0n) is 13.9. The predicted octanol–water partition coefficient (Wildman–Crippen LogP) is 0.941. The van der Waals surface area contributed by atoms with Gasteiger partial charge in [0.05, 0.1) is 25.1 Å². The molecule has 0 amide bonds. The van der Waals surface area contributed by atoms with Gasteiger partial charge in [0, 0.05) is 12.5 Å². The van der Waals surface area contributed by atoms with E-state index >= 15 is 0 Å². The Labute approximate surface area is 139 Å². The van der Waals surface area contributed by atoms with E-state index in [1.807, 2.05) is 27.2 Å². The van der Waals surface area contributed by atoms with E-state index in [4.69, 9.17) is 9.47 Å². The molecule has 0 radical (unpaired) electrons. The van der Waals surface area contributed by atoms with E-state index in [1.54, 1.807) is 6.33 Å². The van der Waals surface area contributed by atoms with Gasteiger partial charge in [-0.15, -0.1) is 0 Å². The minimum Gasteiger partial charge on any atom is -0.396 e. The van der Waals surface area contributed by atoms with Crippen molar-refractivity contribution in [2.45, 2.75) is 44.3 Å². The lowest BCUT2D eigenvalue weighted by atomic mass is 10.0. The fraction of sp³-hybridized carbons (Fsp3) is 0.688. The Morgan fingerprint density at radius 2 is 2.17 bits per heavy atom. The molecule has 8 nitrogen and oxygen atoms in total. The summed E-state index contributed by atoms with van der Waals surface area (Å²) >= 11 is 0. The summed E-state index contributed by atoms with van der Waals surface area (Å²) in [5, 5.41) is 13.0. The van der Waals surface area contributed by atoms with Crippen LogP contribution in [0.25, 0.3) is 11.2 Å². The van der Waals surface area contributed by atoms with Gasteiger partial charge >= 0.3 is 0 Å². The van der Waals surface area contributed by atoms with Crippen LogP contribution in [-0.4, -0.2) is 56.3 Å². The summed E-state index contributed by atoms with van der Waals surface area (Å²) in [5.41, 5.74) is 1.34. The second-order valence-corrected chi connectivity index (χ2v) is 7.51. The fourth-order valence-corrected chi connectivity index (χ4v) is 4.73. The first-order valence-electron chi connectivity index (χ1n) is 8.32. The summed E-state index contributed by atoms with van der Waals surface area (Å²) in [6.07, 6.45) is 4.11. The van der Waals surface area contributed by atoms with Crippen LogP contribution >= 0.6 is 0 Å². The van der Waals surface area contributed by atoms with Crippen molar-refractivity contribution in [3.63, 3.8) is 0 Å². The van der Waals surface area contributed by atoms with Gasteiger partial charge in [0.1, 0.15) is 17.9 Å². The van der Waals surface area contributed by atoms with Crippen molar-refractivity contribution in [1.29, 1.82) is 0 Å². The SMILES string of the molecule is CNc1ncnc2c1ncn2[C@H]1[C@@H]2OC(C)(C)O[C@@H]2[C@]2(CO)C[C@H]12. The molecule has 0 aromatic carbocycles. The minimum atomic E-state index is -0.634. The van der Waals surface area contributed by atoms with Crippen molar-refractivity contribution in [3.8, 4) is 0 Å². The molecule has 2 aliphatic carbocycles. The van der Waals surface area contributed by atoms with Crippen molar-refractivity contribution in [2.75, 3.05) is 19.0 Å². The molecule has 5 atom stereocenters. The van der Waals surface area contributed by atoms with Gasteiger partial charge in [-0.05, 0) is 26.2 Å². The Bertz CT molecular complexity index is 821. The molecular weight excluding hydrogens is 310 g/mol. The first-order chi connectivity index (χ1) is 11.5. The van der Waals surface area contributed by atoms with Gasteiger partial charge in [-0.25, -0.2) is 15.0 Å². The van der Waals surface area contributed by atoms with E-state index < -0.39 is 5.79 Å². The van der Waals surface area contributed by atoms with Crippen LogP contribution in [0.4, 0.5) is 5.82 Å². The van der Waals surface area contributed by atoms with Crippen LogP contribution in [0, 0.1) is 11.3 Å². The van der Waals surface area contributed by atoms with Crippen LogP contribution in [0.3, 0.4) is 0 Å². The summed E-state index contributed by atoms with van der Waals surface area (Å²) in [6, 6.07) is 0.0635. The summed E-state index contributed by atoms with van der Waals surface area (Å²) < 4.78 is 14.4. The Morgan fingerprint density at radius 3 is 2.92 bits per heavy atom. The third kappa shape index (κ3) is 1.66. The van der Waals surface area contributed by atoms with Crippen molar-refractivity contribution in [2.24, 2.45) is 11.3 Å². The highest BCUT2D eigenvalue weighted by Gasteiger charge is 2.75. The fourth-order valence-electron chi connectivity index (χ4n) is 4.73. The van der Waals surface area contributed by atoms with Crippen molar-refractivity contribution >= 4 is 17.0 Å². The lowest BCUT2D eigenvalue weighted by Gasteiger charge is -2.24. The normalized spacial score (nSPS) is 39.0. The standard InChI is InChI=1S/C16H21N5O3/c1-15(2)23-11-10(8-4-16(8,5-22)12(11)24-15)21-7-20-9-13(17-3)18-6-19-14(9)21/h6-8,10-12,22H,4-5H2,1-3H3,(H,17,18,19)/t8-,10-,11+,12+,16+/m1/s1. The topological polar surface area (TPSA) is 94.3 Å². The van der Waals surface area contributed by atoms with E-state index in [-0.39, 0.29) is 30.3 Å². The third-order valence-corrected chi connectivity index (χ3v) is 5.83. The van der Waals surface area contributed by atoms with Crippen LogP contribution in [0.15, 0.2) is 12.7 Å². The van der Waals surface area contributed by atoms with Crippen LogP contribution < -0.4 is 5.32 Å². The number of rotatable bonds is 3. The number of nitrogens with zero attached hydrogens (tertiary/aromatic N) is 4. The average Bonchev–Trinajstić information content (AvgIpc) is 2.83. The van der Waals surface area contributed by atoms with E-state index in [0.717, 1.165) is 17.6 Å². The van der Waals surface area contributed by atoms with Crippen LogP contribution in [-0.2, 0) is 9.47 Å². The number of aliphatic hydroxyl groups excluding tert-OH is 1. The molecule has 5 rings (SSSR count). The maximum Gasteiger partial charge on any atom is 0.165 e. The molecule has 0 bridgehead atoms. The Balaban J connectivity index is 1.63. The first-order valence-corrected chi connectivity index (χ1v) is 8.32. The molecule has 2 saturated carbocycles. The van der Waals surface area contributed by atoms with Crippen LogP contribution in [0.2, 0.25) is 0 Å². The number of aromatic nitrogens is 4. The van der Waals surface area contributed by atoms with Gasteiger partial charge in [0.2, 0.25) is 0 Å². The zero-order valence-corrected chi connectivity index (χ0v) is 13.9. The number of hydrogen-bond acceptors (Lipinski definition) is 7. The smallest absolute Gasteiger partial charge is 0.165 e. The maximum absolute atomic E-state index is 10.00. The highest BCUT2D eigenvalue weighted by Crippen LogP contribution is 2.71. The largest absolute Gasteiger partial charge is 0.396 e. The molecule has 3 heterocycles. The summed E-state index contributed by atoms with van der Waals surface area (Å²) in [4.78, 5) is 13.2. The molecule has 2 N–H and O–H groups in total. The predicted molar refractivity (Wildman–Crippen MR) is 85.4 cm³/mol. The first kappa shape index (κ1) is 14.6. The van der Waals surface area contributed by atoms with E-state index in [9.17, 15) is 5.11 Å². The number of nitrogens with one attached hydrogen (secondary N) is 1. The van der Waals surface area contributed by atoms with E-state index in [2.05, 4.69) is 24.8 Å². The van der Waals surface area contributed by atoms with Gasteiger partial charge in [-0.3, -0.25) is 0 Å². The van der Waals surface area contributed by atoms with Crippen LogP contribution in [0.1, 0.15) is 26.3 Å². The van der Waals surface area contributed by atoms with Crippen molar-refractivity contribution < 1.29 is 14.6 Å². The van der Waals surface area contributed by atoms with Gasteiger partial charge in [-0.1, -0.05) is 0 Å². The maximum atomic E-state index is 10.00. The Kier molecular flexibility index (Phi) is 2.69. The number of aliphatic hydroxyl groups is 1. The molecule has 128 valence electrons. The molecular formula is C16H21N5O3. The molecule has 24 heavy (non-hydrogen) atoms. The average molecular weight is 331 g/mol. The summed E-state index contributed by atoms with van der Waals surface area (Å²) in [7, 11) is 1.82. The number of anilines is 1. The minimum absolute atomic E-state index is 0.0635. The molecule has 0 unspecified atom stereocenters. The number of imidazole rings is 1. The second kappa shape index (κ2) is 4.44. The lowest BCUT2D eigenvalue weighted by Crippen LogP contribution is -2.33. The Morgan fingerprint density at radius 1 is 1.33 bits per heavy atom. The molecule has 2 aromatic heterocycles. The molecule has 1 saturated heterocycles. The van der Waals surface area contributed by atoms with Crippen LogP contribution in [0.5, 0.6) is 0 Å². The molecule has 2 aromatic rings. The quantitative estimate of drug-likeness (QED) is 0.864. The van der Waals surface area contributed by atoms with Gasteiger partial charge in [-0.2, -0.15) is 0 Å². The highest BCUT2D eigenvalue weighted by molar-refractivity contribution is 5.82. The Hall–Kier alpha value is -1.77. The number of hydrogen-bond donors (Lipinski definition) is 2. The molecule has 3 aliphatic rings. The molecule has 8 heteroatoms. The van der Waals surface area contributed by atoms with Crippen molar-refractivity contribution in [3.05, 3.63) is 12.7 Å². The van der Waals surface area contributed by atoms with Gasteiger partial charge in [0.25, 0.3) is 0 Å². The lowest BCUT2D eigenvalue weighted by molar-refractivity contribution is -0.163. The molecule has 1 aliphatic heterocycles. The van der Waals surface area contributed by atoms with Gasteiger partial charge < -0.3 is 24.5 Å². The zero-order chi connectivity index (χ0) is 16.7. The molecule has 3 fully saturated rings. The van der Waals surface area contributed by atoms with Crippen molar-refractivity contribution in [1.82, 2.24) is 19.5 Å². The second-order valence-electron chi connectivity index (χ2n) is 7.51. The summed E-state index contributed by atoms with van der Waals surface area (Å²) in [6.45, 7) is 3.98. The monoisotopic (exact) mass is 331 g/mol.